The van der Waals surface area contributed by atoms with Crippen LogP contribution in [0.5, 0.6) is 0 Å². The maximum absolute atomic E-state index is 12.3. The zero-order valence-electron chi connectivity index (χ0n) is 15.3. The Hall–Kier alpha value is -1.16. The molecule has 2 rings (SSSR count). The van der Waals surface area contributed by atoms with Crippen molar-refractivity contribution in [3.05, 3.63) is 15.8 Å². The zero-order chi connectivity index (χ0) is 18.5. The highest BCUT2D eigenvalue weighted by molar-refractivity contribution is 7.89. The summed E-state index contributed by atoms with van der Waals surface area (Å²) in [6.45, 7) is 8.01. The highest BCUT2D eigenvalue weighted by Gasteiger charge is 2.29. The standard InChI is InChI=1S/C16H28N4O3S2/c1-12-10-14(13(2)24-12)25(21,22)20-8-7-18-15(17-4)19-11-16(3)6-5-9-23-16/h10,20H,5-9,11H2,1-4H3,(H2,17,18,19). The number of aryl methyl sites for hydroxylation is 2. The van der Waals surface area contributed by atoms with Gasteiger partial charge < -0.3 is 15.4 Å². The van der Waals surface area contributed by atoms with Crippen molar-refractivity contribution in [3.63, 3.8) is 0 Å². The number of ether oxygens (including phenoxy) is 1. The van der Waals surface area contributed by atoms with E-state index in [-0.39, 0.29) is 12.1 Å². The minimum absolute atomic E-state index is 0.159. The number of nitrogens with zero attached hydrogens (tertiary/aromatic N) is 1. The topological polar surface area (TPSA) is 91.8 Å². The summed E-state index contributed by atoms with van der Waals surface area (Å²) in [5.41, 5.74) is -0.159. The van der Waals surface area contributed by atoms with E-state index in [9.17, 15) is 8.42 Å². The van der Waals surface area contributed by atoms with Crippen LogP contribution in [0.3, 0.4) is 0 Å². The summed E-state index contributed by atoms with van der Waals surface area (Å²) in [4.78, 5) is 6.31. The van der Waals surface area contributed by atoms with Crippen LogP contribution >= 0.6 is 11.3 Å². The predicted molar refractivity (Wildman–Crippen MR) is 102 cm³/mol. The van der Waals surface area contributed by atoms with E-state index in [1.54, 1.807) is 13.1 Å². The van der Waals surface area contributed by atoms with Crippen LogP contribution in [-0.4, -0.2) is 53.3 Å². The highest BCUT2D eigenvalue weighted by Crippen LogP contribution is 2.25. The predicted octanol–water partition coefficient (Wildman–Crippen LogP) is 1.38. The third-order valence-electron chi connectivity index (χ3n) is 4.15. The Labute approximate surface area is 154 Å². The van der Waals surface area contributed by atoms with Gasteiger partial charge in [-0.1, -0.05) is 0 Å². The summed E-state index contributed by atoms with van der Waals surface area (Å²) >= 11 is 1.49. The van der Waals surface area contributed by atoms with Crippen molar-refractivity contribution in [1.29, 1.82) is 0 Å². The molecule has 0 aliphatic carbocycles. The number of guanidine groups is 1. The van der Waals surface area contributed by atoms with E-state index in [0.717, 1.165) is 29.2 Å². The van der Waals surface area contributed by atoms with Crippen LogP contribution < -0.4 is 15.4 Å². The lowest BCUT2D eigenvalue weighted by molar-refractivity contribution is 0.0243. The molecule has 1 saturated heterocycles. The minimum Gasteiger partial charge on any atom is -0.373 e. The van der Waals surface area contributed by atoms with E-state index in [4.69, 9.17) is 4.74 Å². The van der Waals surface area contributed by atoms with Crippen LogP contribution in [0.15, 0.2) is 16.0 Å². The molecule has 0 bridgehead atoms. The Balaban J connectivity index is 1.76. The summed E-state index contributed by atoms with van der Waals surface area (Å²) in [7, 11) is -1.78. The van der Waals surface area contributed by atoms with Gasteiger partial charge in [-0.3, -0.25) is 4.99 Å². The number of aliphatic imine (C=N–C) groups is 1. The smallest absolute Gasteiger partial charge is 0.241 e. The molecule has 9 heteroatoms. The summed E-state index contributed by atoms with van der Waals surface area (Å²) < 4.78 is 33.0. The molecule has 1 fully saturated rings. The molecule has 0 radical (unpaired) electrons. The molecule has 1 aromatic heterocycles. The molecule has 7 nitrogen and oxygen atoms in total. The monoisotopic (exact) mass is 388 g/mol. The maximum atomic E-state index is 12.3. The van der Waals surface area contributed by atoms with E-state index in [1.165, 1.54) is 11.3 Å². The number of hydrogen-bond donors (Lipinski definition) is 3. The SMILES string of the molecule is CN=C(NCCNS(=O)(=O)c1cc(C)sc1C)NCC1(C)CCCO1. The second-order valence-electron chi connectivity index (χ2n) is 6.43. The van der Waals surface area contributed by atoms with E-state index in [1.807, 2.05) is 13.8 Å². The van der Waals surface area contributed by atoms with E-state index in [0.29, 0.717) is 23.9 Å². The summed E-state index contributed by atoms with van der Waals surface area (Å²) in [6, 6.07) is 1.71. The fourth-order valence-corrected chi connectivity index (χ4v) is 5.37. The van der Waals surface area contributed by atoms with Gasteiger partial charge in [0.1, 0.15) is 0 Å². The molecular weight excluding hydrogens is 360 g/mol. The average molecular weight is 389 g/mol. The molecule has 2 heterocycles. The molecule has 142 valence electrons. The van der Waals surface area contributed by atoms with E-state index in [2.05, 4.69) is 27.3 Å². The van der Waals surface area contributed by atoms with Crippen LogP contribution in [0.1, 0.15) is 29.5 Å². The molecule has 1 atom stereocenters. The fourth-order valence-electron chi connectivity index (χ4n) is 2.79. The zero-order valence-corrected chi connectivity index (χ0v) is 16.9. The second kappa shape index (κ2) is 8.48. The third kappa shape index (κ3) is 5.67. The molecule has 0 spiro atoms. The minimum atomic E-state index is -3.47. The summed E-state index contributed by atoms with van der Waals surface area (Å²) in [5, 5.41) is 6.35. The lowest BCUT2D eigenvalue weighted by atomic mass is 10.0. The highest BCUT2D eigenvalue weighted by atomic mass is 32.2. The average Bonchev–Trinajstić information content (AvgIpc) is 3.13. The number of hydrogen-bond acceptors (Lipinski definition) is 5. The molecule has 1 aromatic rings. The molecule has 0 amide bonds. The van der Waals surface area contributed by atoms with Gasteiger partial charge in [-0.2, -0.15) is 0 Å². The van der Waals surface area contributed by atoms with Gasteiger partial charge in [-0.05, 0) is 39.7 Å². The first-order chi connectivity index (χ1) is 11.8. The Kier molecular flexibility index (Phi) is 6.84. The van der Waals surface area contributed by atoms with Crippen molar-refractivity contribution < 1.29 is 13.2 Å². The normalized spacial score (nSPS) is 21.5. The molecule has 3 N–H and O–H groups in total. The Morgan fingerprint density at radius 2 is 2.12 bits per heavy atom. The molecule has 1 aliphatic heterocycles. The quantitative estimate of drug-likeness (QED) is 0.373. The van der Waals surface area contributed by atoms with Crippen LogP contribution in [0.4, 0.5) is 0 Å². The van der Waals surface area contributed by atoms with Crippen LogP contribution in [0.25, 0.3) is 0 Å². The van der Waals surface area contributed by atoms with Gasteiger partial charge in [-0.15, -0.1) is 11.3 Å². The molecule has 0 saturated carbocycles. The lowest BCUT2D eigenvalue weighted by Gasteiger charge is -2.24. The number of nitrogens with one attached hydrogen (secondary N) is 3. The molecule has 1 unspecified atom stereocenters. The lowest BCUT2D eigenvalue weighted by Crippen LogP contribution is -2.47. The molecule has 1 aliphatic rings. The van der Waals surface area contributed by atoms with Crippen molar-refractivity contribution in [2.75, 3.05) is 33.3 Å². The van der Waals surface area contributed by atoms with Crippen molar-refractivity contribution in [2.24, 2.45) is 4.99 Å². The van der Waals surface area contributed by atoms with Crippen molar-refractivity contribution >= 4 is 27.3 Å². The van der Waals surface area contributed by atoms with Crippen LogP contribution in [0.2, 0.25) is 0 Å². The summed E-state index contributed by atoms with van der Waals surface area (Å²) in [5.74, 6) is 0.637. The third-order valence-corrected chi connectivity index (χ3v) is 6.83. The van der Waals surface area contributed by atoms with Gasteiger partial charge in [0, 0.05) is 43.0 Å². The first-order valence-electron chi connectivity index (χ1n) is 8.41. The summed E-state index contributed by atoms with van der Waals surface area (Å²) in [6.07, 6.45) is 2.10. The van der Waals surface area contributed by atoms with Crippen LogP contribution in [0, 0.1) is 13.8 Å². The number of sulfonamides is 1. The molecule has 0 aromatic carbocycles. The number of thiophene rings is 1. The van der Waals surface area contributed by atoms with Gasteiger partial charge in [0.05, 0.1) is 10.5 Å². The molecule has 25 heavy (non-hydrogen) atoms. The Bertz CT molecular complexity index is 707. The van der Waals surface area contributed by atoms with Gasteiger partial charge >= 0.3 is 0 Å². The molecular formula is C16H28N4O3S2. The number of rotatable bonds is 7. The first kappa shape index (κ1) is 20.2. The van der Waals surface area contributed by atoms with E-state index >= 15 is 0 Å². The van der Waals surface area contributed by atoms with Crippen molar-refractivity contribution in [3.8, 4) is 0 Å². The van der Waals surface area contributed by atoms with Crippen molar-refractivity contribution in [1.82, 2.24) is 15.4 Å². The van der Waals surface area contributed by atoms with Gasteiger partial charge in [-0.25, -0.2) is 13.1 Å². The fraction of sp³-hybridized carbons (Fsp3) is 0.688. The Morgan fingerprint density at radius 1 is 1.36 bits per heavy atom. The first-order valence-corrected chi connectivity index (χ1v) is 10.7. The van der Waals surface area contributed by atoms with E-state index < -0.39 is 10.0 Å². The van der Waals surface area contributed by atoms with Gasteiger partial charge in [0.25, 0.3) is 0 Å². The Morgan fingerprint density at radius 3 is 2.68 bits per heavy atom. The van der Waals surface area contributed by atoms with Crippen molar-refractivity contribution in [2.45, 2.75) is 44.1 Å². The van der Waals surface area contributed by atoms with Gasteiger partial charge in [0.2, 0.25) is 10.0 Å². The maximum Gasteiger partial charge on any atom is 0.241 e. The second-order valence-corrected chi connectivity index (χ2v) is 9.63. The van der Waals surface area contributed by atoms with Crippen LogP contribution in [-0.2, 0) is 14.8 Å². The largest absolute Gasteiger partial charge is 0.373 e. The van der Waals surface area contributed by atoms with Gasteiger partial charge in [0.15, 0.2) is 5.96 Å².